The summed E-state index contributed by atoms with van der Waals surface area (Å²) in [6.45, 7) is 8.77. The van der Waals surface area contributed by atoms with Crippen LogP contribution in [-0.2, 0) is 0 Å². The molecule has 0 spiro atoms. The van der Waals surface area contributed by atoms with Crippen molar-refractivity contribution in [1.82, 2.24) is 4.90 Å². The molecule has 1 heteroatoms. The number of nitrogens with zero attached hydrogens (tertiary/aromatic N) is 1. The lowest BCUT2D eigenvalue weighted by molar-refractivity contribution is 0.224. The van der Waals surface area contributed by atoms with Gasteiger partial charge in [-0.05, 0) is 44.8 Å². The highest BCUT2D eigenvalue weighted by molar-refractivity contribution is 4.64. The van der Waals surface area contributed by atoms with E-state index >= 15 is 0 Å². The van der Waals surface area contributed by atoms with Crippen LogP contribution in [0.3, 0.4) is 0 Å². The van der Waals surface area contributed by atoms with E-state index in [-0.39, 0.29) is 0 Å². The third-order valence-corrected chi connectivity index (χ3v) is 3.95. The number of likely N-dealkylation sites (tertiary alicyclic amines) is 1. The lowest BCUT2D eigenvalue weighted by atomic mass is 10.0. The zero-order valence-electron chi connectivity index (χ0n) is 12.2. The molecule has 0 bridgehead atoms. The summed E-state index contributed by atoms with van der Waals surface area (Å²) < 4.78 is 0. The SMILES string of the molecule is CC(C)CCCCCCCCN1CCCCC1. The largest absolute Gasteiger partial charge is 0.303 e. The molecule has 17 heavy (non-hydrogen) atoms. The molecule has 1 aliphatic heterocycles. The van der Waals surface area contributed by atoms with Crippen LogP contribution in [0, 0.1) is 5.92 Å². The maximum atomic E-state index is 2.67. The predicted molar refractivity (Wildman–Crippen MR) is 77.4 cm³/mol. The fourth-order valence-corrected chi connectivity index (χ4v) is 2.78. The van der Waals surface area contributed by atoms with Crippen molar-refractivity contribution in [2.24, 2.45) is 5.92 Å². The number of hydrogen-bond donors (Lipinski definition) is 0. The first-order valence-electron chi connectivity index (χ1n) is 8.01. The Kier molecular flexibility index (Phi) is 8.78. The minimum atomic E-state index is 0.897. The summed E-state index contributed by atoms with van der Waals surface area (Å²) >= 11 is 0. The molecule has 0 radical (unpaired) electrons. The van der Waals surface area contributed by atoms with E-state index < -0.39 is 0 Å². The lowest BCUT2D eigenvalue weighted by Gasteiger charge is -2.26. The standard InChI is InChI=1S/C16H33N/c1-16(2)12-8-5-3-4-6-9-13-17-14-10-7-11-15-17/h16H,3-15H2,1-2H3. The van der Waals surface area contributed by atoms with Crippen LogP contribution >= 0.6 is 0 Å². The number of piperidine rings is 1. The Morgan fingerprint density at radius 2 is 1.35 bits per heavy atom. The molecule has 0 aromatic carbocycles. The monoisotopic (exact) mass is 239 g/mol. The molecular formula is C16H33N. The minimum absolute atomic E-state index is 0.897. The first-order chi connectivity index (χ1) is 8.29. The Balaban J connectivity index is 1.78. The van der Waals surface area contributed by atoms with E-state index in [4.69, 9.17) is 0 Å². The molecule has 1 saturated heterocycles. The van der Waals surface area contributed by atoms with Crippen LogP contribution in [0.2, 0.25) is 0 Å². The smallest absolute Gasteiger partial charge is 0.00187 e. The molecular weight excluding hydrogens is 206 g/mol. The minimum Gasteiger partial charge on any atom is -0.303 e. The van der Waals surface area contributed by atoms with Crippen LogP contribution in [0.15, 0.2) is 0 Å². The maximum absolute atomic E-state index is 2.67. The van der Waals surface area contributed by atoms with Gasteiger partial charge in [0.1, 0.15) is 0 Å². The zero-order chi connectivity index (χ0) is 12.3. The van der Waals surface area contributed by atoms with Gasteiger partial charge in [0.05, 0.1) is 0 Å². The van der Waals surface area contributed by atoms with E-state index in [0.29, 0.717) is 0 Å². The van der Waals surface area contributed by atoms with Gasteiger partial charge >= 0.3 is 0 Å². The van der Waals surface area contributed by atoms with E-state index in [2.05, 4.69) is 18.7 Å². The van der Waals surface area contributed by atoms with E-state index in [1.165, 1.54) is 83.8 Å². The van der Waals surface area contributed by atoms with Gasteiger partial charge in [-0.3, -0.25) is 0 Å². The van der Waals surface area contributed by atoms with Crippen molar-refractivity contribution in [3.63, 3.8) is 0 Å². The maximum Gasteiger partial charge on any atom is -0.00187 e. The fraction of sp³-hybridized carbons (Fsp3) is 1.00. The highest BCUT2D eigenvalue weighted by Crippen LogP contribution is 2.13. The number of unbranched alkanes of at least 4 members (excludes halogenated alkanes) is 5. The Hall–Kier alpha value is -0.0400. The van der Waals surface area contributed by atoms with Crippen LogP contribution in [0.4, 0.5) is 0 Å². The van der Waals surface area contributed by atoms with Gasteiger partial charge in [-0.1, -0.05) is 58.8 Å². The Labute approximate surface area is 109 Å². The van der Waals surface area contributed by atoms with E-state index in [0.717, 1.165) is 5.92 Å². The molecule has 0 aromatic heterocycles. The van der Waals surface area contributed by atoms with Crippen LogP contribution in [0.5, 0.6) is 0 Å². The van der Waals surface area contributed by atoms with E-state index in [9.17, 15) is 0 Å². The Morgan fingerprint density at radius 1 is 0.765 bits per heavy atom. The highest BCUT2D eigenvalue weighted by Gasteiger charge is 2.08. The molecule has 0 amide bonds. The van der Waals surface area contributed by atoms with Crippen molar-refractivity contribution in [3.05, 3.63) is 0 Å². The van der Waals surface area contributed by atoms with Gasteiger partial charge in [0.2, 0.25) is 0 Å². The van der Waals surface area contributed by atoms with Gasteiger partial charge in [0.25, 0.3) is 0 Å². The molecule has 1 fully saturated rings. The molecule has 1 aliphatic rings. The first kappa shape index (κ1) is 15.0. The summed E-state index contributed by atoms with van der Waals surface area (Å²) in [7, 11) is 0. The second kappa shape index (κ2) is 9.94. The fourth-order valence-electron chi connectivity index (χ4n) is 2.78. The molecule has 0 unspecified atom stereocenters. The molecule has 102 valence electrons. The average molecular weight is 239 g/mol. The van der Waals surface area contributed by atoms with Crippen molar-refractivity contribution in [3.8, 4) is 0 Å². The molecule has 1 nitrogen and oxygen atoms in total. The quantitative estimate of drug-likeness (QED) is 0.519. The third kappa shape index (κ3) is 8.65. The van der Waals surface area contributed by atoms with Gasteiger partial charge in [0, 0.05) is 0 Å². The van der Waals surface area contributed by atoms with Crippen molar-refractivity contribution in [2.75, 3.05) is 19.6 Å². The van der Waals surface area contributed by atoms with Crippen molar-refractivity contribution >= 4 is 0 Å². The van der Waals surface area contributed by atoms with Gasteiger partial charge in [-0.25, -0.2) is 0 Å². The van der Waals surface area contributed by atoms with Gasteiger partial charge in [-0.15, -0.1) is 0 Å². The van der Waals surface area contributed by atoms with Crippen molar-refractivity contribution < 1.29 is 0 Å². The predicted octanol–water partition coefficient (Wildman–Crippen LogP) is 4.86. The summed E-state index contributed by atoms with van der Waals surface area (Å²) in [4.78, 5) is 2.67. The molecule has 0 aromatic rings. The summed E-state index contributed by atoms with van der Waals surface area (Å²) in [6.07, 6.45) is 14.5. The summed E-state index contributed by atoms with van der Waals surface area (Å²) in [5.41, 5.74) is 0. The van der Waals surface area contributed by atoms with Gasteiger partial charge in [-0.2, -0.15) is 0 Å². The molecule has 0 atom stereocenters. The molecule has 0 aliphatic carbocycles. The molecule has 0 saturated carbocycles. The van der Waals surface area contributed by atoms with Crippen LogP contribution < -0.4 is 0 Å². The van der Waals surface area contributed by atoms with E-state index in [1.807, 2.05) is 0 Å². The second-order valence-electron chi connectivity index (χ2n) is 6.21. The molecule has 0 N–H and O–H groups in total. The topological polar surface area (TPSA) is 3.24 Å². The first-order valence-corrected chi connectivity index (χ1v) is 8.01. The van der Waals surface area contributed by atoms with E-state index in [1.54, 1.807) is 0 Å². The average Bonchev–Trinajstić information content (AvgIpc) is 2.33. The number of hydrogen-bond acceptors (Lipinski definition) is 1. The third-order valence-electron chi connectivity index (χ3n) is 3.95. The Bertz CT molecular complexity index is 159. The molecule has 1 rings (SSSR count). The number of rotatable bonds is 9. The van der Waals surface area contributed by atoms with Crippen LogP contribution in [-0.4, -0.2) is 24.5 Å². The van der Waals surface area contributed by atoms with Gasteiger partial charge in [0.15, 0.2) is 0 Å². The van der Waals surface area contributed by atoms with Crippen LogP contribution in [0.1, 0.15) is 78.1 Å². The summed E-state index contributed by atoms with van der Waals surface area (Å²) in [6, 6.07) is 0. The van der Waals surface area contributed by atoms with Crippen molar-refractivity contribution in [2.45, 2.75) is 78.1 Å². The lowest BCUT2D eigenvalue weighted by Crippen LogP contribution is -2.30. The summed E-state index contributed by atoms with van der Waals surface area (Å²) in [5, 5.41) is 0. The van der Waals surface area contributed by atoms with Gasteiger partial charge < -0.3 is 4.90 Å². The van der Waals surface area contributed by atoms with Crippen molar-refractivity contribution in [1.29, 1.82) is 0 Å². The highest BCUT2D eigenvalue weighted by atomic mass is 15.1. The normalized spacial score (nSPS) is 17.8. The summed E-state index contributed by atoms with van der Waals surface area (Å²) in [5.74, 6) is 0.897. The second-order valence-corrected chi connectivity index (χ2v) is 6.21. The Morgan fingerprint density at radius 3 is 2.00 bits per heavy atom. The zero-order valence-corrected chi connectivity index (χ0v) is 12.2. The van der Waals surface area contributed by atoms with Crippen LogP contribution in [0.25, 0.3) is 0 Å². The molecule has 1 heterocycles.